The minimum Gasteiger partial charge on any atom is -0.480 e. The molecule has 0 radical (unpaired) electrons. The minimum absolute atomic E-state index is 0.000417. The molecule has 1 aromatic carbocycles. The Labute approximate surface area is 135 Å². The van der Waals surface area contributed by atoms with Gasteiger partial charge in [0.2, 0.25) is 5.91 Å². The fourth-order valence-corrected chi connectivity index (χ4v) is 2.37. The summed E-state index contributed by atoms with van der Waals surface area (Å²) < 4.78 is 0. The minimum atomic E-state index is -1.06. The van der Waals surface area contributed by atoms with Gasteiger partial charge in [-0.05, 0) is 42.5 Å². The van der Waals surface area contributed by atoms with Gasteiger partial charge in [-0.1, -0.05) is 20.8 Å². The van der Waals surface area contributed by atoms with Gasteiger partial charge in [0.1, 0.15) is 6.04 Å². The van der Waals surface area contributed by atoms with Gasteiger partial charge < -0.3 is 15.7 Å². The molecule has 1 aliphatic rings. The van der Waals surface area contributed by atoms with Gasteiger partial charge in [-0.25, -0.2) is 4.79 Å². The van der Waals surface area contributed by atoms with Gasteiger partial charge in [-0.2, -0.15) is 0 Å². The first kappa shape index (κ1) is 17.0. The fraction of sp³-hybridized carbons (Fsp3) is 0.471. The lowest BCUT2D eigenvalue weighted by Gasteiger charge is -2.18. The highest BCUT2D eigenvalue weighted by molar-refractivity contribution is 5.98. The van der Waals surface area contributed by atoms with Crippen LogP contribution in [0.25, 0.3) is 0 Å². The molecular weight excluding hydrogens is 296 g/mol. The quantitative estimate of drug-likeness (QED) is 0.748. The molecule has 1 saturated carbocycles. The van der Waals surface area contributed by atoms with E-state index in [1.165, 1.54) is 0 Å². The van der Waals surface area contributed by atoms with Crippen molar-refractivity contribution < 1.29 is 19.5 Å². The van der Waals surface area contributed by atoms with E-state index < -0.39 is 17.9 Å². The summed E-state index contributed by atoms with van der Waals surface area (Å²) in [5.74, 6) is -1.20. The van der Waals surface area contributed by atoms with Crippen LogP contribution in [-0.2, 0) is 9.59 Å². The van der Waals surface area contributed by atoms with Crippen molar-refractivity contribution in [3.05, 3.63) is 29.8 Å². The van der Waals surface area contributed by atoms with Crippen LogP contribution in [0.3, 0.4) is 0 Å². The zero-order chi connectivity index (χ0) is 17.1. The van der Waals surface area contributed by atoms with Crippen molar-refractivity contribution in [2.45, 2.75) is 33.2 Å². The van der Waals surface area contributed by atoms with Gasteiger partial charge in [0.05, 0.1) is 0 Å². The molecule has 1 aromatic rings. The predicted molar refractivity (Wildman–Crippen MR) is 86.1 cm³/mol. The number of aliphatic carboxylic acids is 1. The van der Waals surface area contributed by atoms with E-state index in [9.17, 15) is 14.4 Å². The summed E-state index contributed by atoms with van der Waals surface area (Å²) in [5.41, 5.74) is 0.985. The van der Waals surface area contributed by atoms with Crippen LogP contribution in [0.4, 0.5) is 5.69 Å². The third-order valence-electron chi connectivity index (χ3n) is 4.08. The second kappa shape index (κ2) is 6.81. The zero-order valence-electron chi connectivity index (χ0n) is 13.5. The van der Waals surface area contributed by atoms with E-state index in [1.54, 1.807) is 38.1 Å². The standard InChI is InChI=1S/C17H22N2O4/c1-9(2)14(17(22)23)19-15(20)11-4-6-12(7-5-11)18-16(21)13-8-10(13)3/h4-7,9-10,13-14H,8H2,1-3H3,(H,18,21)(H,19,20)(H,22,23)/t10?,13?,14-/m1/s1. The van der Waals surface area contributed by atoms with Crippen LogP contribution in [0.15, 0.2) is 24.3 Å². The summed E-state index contributed by atoms with van der Waals surface area (Å²) in [6, 6.07) is 5.50. The van der Waals surface area contributed by atoms with Crippen molar-refractivity contribution in [2.75, 3.05) is 5.32 Å². The number of carbonyl (C=O) groups excluding carboxylic acids is 2. The summed E-state index contributed by atoms with van der Waals surface area (Å²) in [7, 11) is 0. The van der Waals surface area contributed by atoms with Crippen molar-refractivity contribution in [1.29, 1.82) is 0 Å². The predicted octanol–water partition coefficient (Wildman–Crippen LogP) is 2.12. The number of anilines is 1. The highest BCUT2D eigenvalue weighted by atomic mass is 16.4. The number of rotatable bonds is 6. The number of carboxylic acids is 1. The second-order valence-corrected chi connectivity index (χ2v) is 6.42. The Morgan fingerprint density at radius 3 is 2.17 bits per heavy atom. The van der Waals surface area contributed by atoms with Crippen LogP contribution in [-0.4, -0.2) is 28.9 Å². The summed E-state index contributed by atoms with van der Waals surface area (Å²) in [4.78, 5) is 35.1. The van der Waals surface area contributed by atoms with Gasteiger partial charge in [0.25, 0.3) is 5.91 Å². The lowest BCUT2D eigenvalue weighted by molar-refractivity contribution is -0.140. The average molecular weight is 318 g/mol. The Morgan fingerprint density at radius 2 is 1.74 bits per heavy atom. The van der Waals surface area contributed by atoms with E-state index in [0.29, 0.717) is 17.2 Å². The van der Waals surface area contributed by atoms with E-state index in [0.717, 1.165) is 6.42 Å². The molecule has 2 amide bonds. The normalized spacial score (nSPS) is 20.7. The zero-order valence-corrected chi connectivity index (χ0v) is 13.5. The first-order valence-corrected chi connectivity index (χ1v) is 7.74. The molecular formula is C17H22N2O4. The van der Waals surface area contributed by atoms with Gasteiger partial charge >= 0.3 is 5.97 Å². The van der Waals surface area contributed by atoms with Crippen molar-refractivity contribution >= 4 is 23.5 Å². The van der Waals surface area contributed by atoms with Gasteiger partial charge in [0, 0.05) is 17.2 Å². The SMILES string of the molecule is CC1CC1C(=O)Nc1ccc(C(=O)N[C@@H](C(=O)O)C(C)C)cc1. The molecule has 0 aromatic heterocycles. The van der Waals surface area contributed by atoms with Crippen molar-refractivity contribution in [3.8, 4) is 0 Å². The first-order chi connectivity index (χ1) is 10.8. The Hall–Kier alpha value is -2.37. The number of hydrogen-bond acceptors (Lipinski definition) is 3. The third-order valence-corrected chi connectivity index (χ3v) is 4.08. The summed E-state index contributed by atoms with van der Waals surface area (Å²) in [5, 5.41) is 14.4. The van der Waals surface area contributed by atoms with Gasteiger partial charge in [0.15, 0.2) is 0 Å². The van der Waals surface area contributed by atoms with Crippen LogP contribution >= 0.6 is 0 Å². The molecule has 0 heterocycles. The van der Waals surface area contributed by atoms with E-state index in [-0.39, 0.29) is 17.7 Å². The van der Waals surface area contributed by atoms with Crippen LogP contribution in [0, 0.1) is 17.8 Å². The van der Waals surface area contributed by atoms with Crippen molar-refractivity contribution in [2.24, 2.45) is 17.8 Å². The summed E-state index contributed by atoms with van der Waals surface area (Å²) >= 11 is 0. The lowest BCUT2D eigenvalue weighted by atomic mass is 10.0. The van der Waals surface area contributed by atoms with Crippen LogP contribution in [0.2, 0.25) is 0 Å². The number of carbonyl (C=O) groups is 3. The maximum Gasteiger partial charge on any atom is 0.326 e. The number of amides is 2. The Kier molecular flexibility index (Phi) is 5.03. The van der Waals surface area contributed by atoms with Crippen LogP contribution < -0.4 is 10.6 Å². The topological polar surface area (TPSA) is 95.5 Å². The number of hydrogen-bond donors (Lipinski definition) is 3. The van der Waals surface area contributed by atoms with Gasteiger partial charge in [-0.15, -0.1) is 0 Å². The highest BCUT2D eigenvalue weighted by Gasteiger charge is 2.39. The molecule has 0 spiro atoms. The molecule has 6 heteroatoms. The third kappa shape index (κ3) is 4.31. The number of nitrogens with one attached hydrogen (secondary N) is 2. The number of carboxylic acid groups (broad SMARTS) is 1. The van der Waals surface area contributed by atoms with E-state index >= 15 is 0 Å². The maximum absolute atomic E-state index is 12.1. The molecule has 23 heavy (non-hydrogen) atoms. The molecule has 1 fully saturated rings. The molecule has 2 unspecified atom stereocenters. The molecule has 0 saturated heterocycles. The molecule has 3 N–H and O–H groups in total. The Balaban J connectivity index is 1.97. The fourth-order valence-electron chi connectivity index (χ4n) is 2.37. The van der Waals surface area contributed by atoms with E-state index in [2.05, 4.69) is 10.6 Å². The van der Waals surface area contributed by atoms with Crippen molar-refractivity contribution in [1.82, 2.24) is 5.32 Å². The first-order valence-electron chi connectivity index (χ1n) is 7.74. The molecule has 124 valence electrons. The molecule has 3 atom stereocenters. The molecule has 0 aliphatic heterocycles. The monoisotopic (exact) mass is 318 g/mol. The van der Waals surface area contributed by atoms with Crippen LogP contribution in [0.5, 0.6) is 0 Å². The van der Waals surface area contributed by atoms with Crippen molar-refractivity contribution in [3.63, 3.8) is 0 Å². The van der Waals surface area contributed by atoms with E-state index in [4.69, 9.17) is 5.11 Å². The molecule has 0 bridgehead atoms. The lowest BCUT2D eigenvalue weighted by Crippen LogP contribution is -2.44. The summed E-state index contributed by atoms with van der Waals surface area (Å²) in [6.07, 6.45) is 0.915. The summed E-state index contributed by atoms with van der Waals surface area (Å²) in [6.45, 7) is 5.50. The molecule has 1 aliphatic carbocycles. The van der Waals surface area contributed by atoms with Crippen LogP contribution in [0.1, 0.15) is 37.6 Å². The molecule has 6 nitrogen and oxygen atoms in total. The Morgan fingerprint density at radius 1 is 1.17 bits per heavy atom. The Bertz CT molecular complexity index is 610. The second-order valence-electron chi connectivity index (χ2n) is 6.42. The molecule has 2 rings (SSSR count). The maximum atomic E-state index is 12.1. The smallest absolute Gasteiger partial charge is 0.326 e. The average Bonchev–Trinajstić information content (AvgIpc) is 3.21. The highest BCUT2D eigenvalue weighted by Crippen LogP contribution is 2.38. The van der Waals surface area contributed by atoms with E-state index in [1.807, 2.05) is 6.92 Å². The largest absolute Gasteiger partial charge is 0.480 e. The number of benzene rings is 1. The van der Waals surface area contributed by atoms with Gasteiger partial charge in [-0.3, -0.25) is 9.59 Å².